The topological polar surface area (TPSA) is 47.2 Å². The molecule has 2 aromatic heterocycles. The molecule has 0 aliphatic heterocycles. The van der Waals surface area contributed by atoms with Crippen LogP contribution in [0.3, 0.4) is 0 Å². The number of para-hydroxylation sites is 2. The average Bonchev–Trinajstić information content (AvgIpc) is 3.89. The van der Waals surface area contributed by atoms with Crippen LogP contribution in [0, 0.1) is 6.92 Å². The monoisotopic (exact) mass is 837 g/mol. The third-order valence-corrected chi connectivity index (χ3v) is 8.77. The van der Waals surface area contributed by atoms with Gasteiger partial charge in [-0.1, -0.05) is 213 Å². The molecule has 0 saturated heterocycles. The standard InChI is InChI=1S/C22H17NO2.C22H19N.6C2H6.2CH4/c24-22(25)17-10-12-19(13-11-17)23-15-18(14-16-6-2-1-3-7-16)20-8-4-5-9-21(20)23;1-17-11-13-20(14-12-17)23-16-19(15-18-7-3-2-4-8-18)21-9-5-6-10-22(21)23;6*1-2;;/h1-13,15H,14H2,(H,24,25);2-14,16H,15H2,1H3;6*1-2H3;2*1H4. The maximum absolute atomic E-state index is 11.1. The average molecular weight is 837 g/mol. The van der Waals surface area contributed by atoms with E-state index >= 15 is 0 Å². The smallest absolute Gasteiger partial charge is 0.335 e. The van der Waals surface area contributed by atoms with E-state index in [0.717, 1.165) is 24.0 Å². The van der Waals surface area contributed by atoms with Crippen LogP contribution in [0.15, 0.2) is 170 Å². The lowest BCUT2D eigenvalue weighted by molar-refractivity contribution is 0.0697. The molecule has 0 saturated carbocycles. The van der Waals surface area contributed by atoms with E-state index in [2.05, 4.69) is 150 Å². The van der Waals surface area contributed by atoms with Crippen LogP contribution in [0.5, 0.6) is 0 Å². The van der Waals surface area contributed by atoms with Gasteiger partial charge in [0.05, 0.1) is 16.6 Å². The minimum atomic E-state index is -0.909. The van der Waals surface area contributed by atoms with Crippen molar-refractivity contribution in [2.75, 3.05) is 0 Å². The van der Waals surface area contributed by atoms with E-state index in [0.29, 0.717) is 5.56 Å². The highest BCUT2D eigenvalue weighted by molar-refractivity contribution is 5.89. The van der Waals surface area contributed by atoms with Crippen LogP contribution < -0.4 is 0 Å². The zero-order chi connectivity index (χ0) is 44.9. The maximum atomic E-state index is 11.1. The summed E-state index contributed by atoms with van der Waals surface area (Å²) in [5.41, 5.74) is 11.4. The molecule has 4 nitrogen and oxygen atoms in total. The fraction of sp³-hybridized carbons (Fsp3) is 0.293. The zero-order valence-electron chi connectivity index (χ0n) is 38.8. The molecular weight excluding hydrogens is 757 g/mol. The van der Waals surface area contributed by atoms with Crippen molar-refractivity contribution in [3.05, 3.63) is 203 Å². The van der Waals surface area contributed by atoms with E-state index in [4.69, 9.17) is 5.11 Å². The maximum Gasteiger partial charge on any atom is 0.335 e. The molecule has 0 radical (unpaired) electrons. The molecule has 0 spiro atoms. The van der Waals surface area contributed by atoms with Gasteiger partial charge >= 0.3 is 5.97 Å². The van der Waals surface area contributed by atoms with Gasteiger partial charge in [0.15, 0.2) is 0 Å². The Morgan fingerprint density at radius 2 is 0.726 bits per heavy atom. The van der Waals surface area contributed by atoms with Crippen molar-refractivity contribution in [2.45, 2.75) is 118 Å². The van der Waals surface area contributed by atoms with Crippen molar-refractivity contribution in [2.24, 2.45) is 0 Å². The van der Waals surface area contributed by atoms with Crippen molar-refractivity contribution >= 4 is 27.8 Å². The normalized spacial score (nSPS) is 9.05. The van der Waals surface area contributed by atoms with E-state index in [1.54, 1.807) is 12.1 Å². The summed E-state index contributed by atoms with van der Waals surface area (Å²) in [6.45, 7) is 26.1. The van der Waals surface area contributed by atoms with Gasteiger partial charge in [0.25, 0.3) is 0 Å². The van der Waals surface area contributed by atoms with Crippen LogP contribution in [0.1, 0.15) is 136 Å². The Balaban J connectivity index is 0. The largest absolute Gasteiger partial charge is 0.478 e. The SMILES string of the molecule is C.C.CC.CC.CC.CC.CC.CC.Cc1ccc(-n2cc(Cc3ccccc3)c3ccccc32)cc1.O=C(O)c1ccc(-n2cc(Cc3ccccc3)c3ccccc32)cc1. The second-order valence-corrected chi connectivity index (χ2v) is 12.1. The second kappa shape index (κ2) is 33.6. The molecule has 4 heteroatoms. The Morgan fingerprint density at radius 3 is 1.06 bits per heavy atom. The van der Waals surface area contributed by atoms with Crippen LogP contribution in [0.25, 0.3) is 33.2 Å². The first-order valence-electron chi connectivity index (χ1n) is 22.2. The molecule has 0 aliphatic rings. The van der Waals surface area contributed by atoms with Crippen LogP contribution in [0.4, 0.5) is 0 Å². The quantitative estimate of drug-likeness (QED) is 0.174. The molecule has 0 fully saturated rings. The van der Waals surface area contributed by atoms with Gasteiger partial charge in [0.1, 0.15) is 0 Å². The summed E-state index contributed by atoms with van der Waals surface area (Å²) in [6.07, 6.45) is 6.25. The van der Waals surface area contributed by atoms with Crippen molar-refractivity contribution in [1.82, 2.24) is 9.13 Å². The van der Waals surface area contributed by atoms with Gasteiger partial charge in [-0.05, 0) is 90.6 Å². The van der Waals surface area contributed by atoms with Gasteiger partial charge in [-0.25, -0.2) is 4.79 Å². The minimum Gasteiger partial charge on any atom is -0.478 e. The van der Waals surface area contributed by atoms with Gasteiger partial charge < -0.3 is 14.2 Å². The molecule has 8 rings (SSSR count). The van der Waals surface area contributed by atoms with E-state index in [1.807, 2.05) is 107 Å². The molecule has 0 unspecified atom stereocenters. The number of aromatic nitrogens is 2. The van der Waals surface area contributed by atoms with Crippen LogP contribution in [-0.2, 0) is 12.8 Å². The van der Waals surface area contributed by atoms with Gasteiger partial charge in [0.2, 0.25) is 0 Å². The van der Waals surface area contributed by atoms with Crippen LogP contribution in [0.2, 0.25) is 0 Å². The predicted octanol–water partition coefficient (Wildman–Crippen LogP) is 17.9. The number of rotatable bonds is 7. The number of carbonyl (C=O) groups is 1. The second-order valence-electron chi connectivity index (χ2n) is 12.1. The van der Waals surface area contributed by atoms with Crippen molar-refractivity contribution in [3.8, 4) is 11.4 Å². The molecule has 0 aliphatic carbocycles. The van der Waals surface area contributed by atoms with E-state index in [9.17, 15) is 4.79 Å². The lowest BCUT2D eigenvalue weighted by atomic mass is 10.0. The highest BCUT2D eigenvalue weighted by atomic mass is 16.4. The fourth-order valence-electron chi connectivity index (χ4n) is 6.31. The number of nitrogens with zero attached hydrogens (tertiary/aromatic N) is 2. The summed E-state index contributed by atoms with van der Waals surface area (Å²) < 4.78 is 4.42. The number of hydrogen-bond acceptors (Lipinski definition) is 1. The number of carboxylic acid groups (broad SMARTS) is 1. The van der Waals surface area contributed by atoms with Crippen molar-refractivity contribution in [3.63, 3.8) is 0 Å². The first-order valence-corrected chi connectivity index (χ1v) is 22.2. The number of aryl methyl sites for hydroxylation is 1. The lowest BCUT2D eigenvalue weighted by Gasteiger charge is -2.05. The summed E-state index contributed by atoms with van der Waals surface area (Å²) in [6, 6.07) is 53.7. The molecular formula is C58H80N2O2. The van der Waals surface area contributed by atoms with E-state index in [-0.39, 0.29) is 14.9 Å². The molecule has 6 aromatic carbocycles. The van der Waals surface area contributed by atoms with Gasteiger partial charge in [0, 0.05) is 34.5 Å². The minimum absolute atomic E-state index is 0. The fourth-order valence-corrected chi connectivity index (χ4v) is 6.31. The molecule has 1 N–H and O–H groups in total. The van der Waals surface area contributed by atoms with Gasteiger partial charge in [-0.15, -0.1) is 0 Å². The number of fused-ring (bicyclic) bond motifs is 2. The number of aromatic carboxylic acids is 1. The zero-order valence-corrected chi connectivity index (χ0v) is 38.8. The summed E-state index contributed by atoms with van der Waals surface area (Å²) in [4.78, 5) is 11.1. The van der Waals surface area contributed by atoms with E-state index < -0.39 is 5.97 Å². The number of benzene rings is 6. The van der Waals surface area contributed by atoms with Crippen molar-refractivity contribution in [1.29, 1.82) is 0 Å². The summed E-state index contributed by atoms with van der Waals surface area (Å²) in [5, 5.41) is 11.6. The Morgan fingerprint density at radius 1 is 0.419 bits per heavy atom. The summed E-state index contributed by atoms with van der Waals surface area (Å²) >= 11 is 0. The molecule has 0 bridgehead atoms. The third kappa shape index (κ3) is 16.4. The Hall–Kier alpha value is -6.13. The first-order chi connectivity index (χ1) is 29.5. The molecule has 2 heterocycles. The molecule has 334 valence electrons. The Kier molecular flexibility index (Phi) is 31.4. The number of carboxylic acids is 1. The summed E-state index contributed by atoms with van der Waals surface area (Å²) in [5.74, 6) is -0.909. The first kappa shape index (κ1) is 58.0. The molecule has 8 aromatic rings. The molecule has 0 atom stereocenters. The van der Waals surface area contributed by atoms with Crippen LogP contribution >= 0.6 is 0 Å². The van der Waals surface area contributed by atoms with Gasteiger partial charge in [-0.2, -0.15) is 0 Å². The molecule has 0 amide bonds. The number of hydrogen-bond donors (Lipinski definition) is 1. The van der Waals surface area contributed by atoms with E-state index in [1.165, 1.54) is 49.8 Å². The van der Waals surface area contributed by atoms with Crippen molar-refractivity contribution < 1.29 is 9.90 Å². The molecule has 62 heavy (non-hydrogen) atoms. The lowest BCUT2D eigenvalue weighted by Crippen LogP contribution is -1.97. The predicted molar refractivity (Wildman–Crippen MR) is 278 cm³/mol. The third-order valence-electron chi connectivity index (χ3n) is 8.77. The van der Waals surface area contributed by atoms with Gasteiger partial charge in [-0.3, -0.25) is 0 Å². The highest BCUT2D eigenvalue weighted by Gasteiger charge is 2.12. The Labute approximate surface area is 377 Å². The highest BCUT2D eigenvalue weighted by Crippen LogP contribution is 2.28. The Bertz CT molecular complexity index is 2300. The summed E-state index contributed by atoms with van der Waals surface area (Å²) in [7, 11) is 0. The van der Waals surface area contributed by atoms with Crippen LogP contribution in [-0.4, -0.2) is 20.2 Å².